The fraction of sp³-hybridized carbons (Fsp3) is 0.0625. The predicted molar refractivity (Wildman–Crippen MR) is 79.2 cm³/mol. The van der Waals surface area contributed by atoms with Gasteiger partial charge in [-0.3, -0.25) is 4.79 Å². The Morgan fingerprint density at radius 1 is 0.917 bits per heavy atom. The monoisotopic (exact) mass is 332 g/mol. The van der Waals surface area contributed by atoms with Crippen LogP contribution in [0.5, 0.6) is 23.0 Å². The van der Waals surface area contributed by atoms with Gasteiger partial charge in [-0.05, 0) is 24.3 Å². The van der Waals surface area contributed by atoms with Crippen molar-refractivity contribution in [3.8, 4) is 23.0 Å². The first-order valence-corrected chi connectivity index (χ1v) is 6.53. The third-order valence-corrected chi connectivity index (χ3v) is 2.97. The van der Waals surface area contributed by atoms with Gasteiger partial charge in [0.15, 0.2) is 0 Å². The number of ketones is 1. The first kappa shape index (κ1) is 16.8. The third kappa shape index (κ3) is 3.43. The van der Waals surface area contributed by atoms with Crippen LogP contribution in [0.1, 0.15) is 20.7 Å². The average molecular weight is 332 g/mol. The largest absolute Gasteiger partial charge is 0.508 e. The topological polar surface area (TPSA) is 130 Å². The highest BCUT2D eigenvalue weighted by Crippen LogP contribution is 2.34. The average Bonchev–Trinajstić information content (AvgIpc) is 2.53. The number of benzene rings is 2. The van der Waals surface area contributed by atoms with Crippen molar-refractivity contribution in [1.82, 2.24) is 0 Å². The number of Topliss-reactive ketones (excluding diaryl/α,β-unsaturated/α-hetero) is 1. The maximum atomic E-state index is 12.1. The van der Waals surface area contributed by atoms with Gasteiger partial charge in [0.25, 0.3) is 5.78 Å². The zero-order valence-corrected chi connectivity index (χ0v) is 12.3. The Morgan fingerprint density at radius 2 is 1.54 bits per heavy atom. The Morgan fingerprint density at radius 3 is 2.12 bits per heavy atom. The summed E-state index contributed by atoms with van der Waals surface area (Å²) in [4.78, 5) is 35.4. The highest BCUT2D eigenvalue weighted by Gasteiger charge is 2.27. The molecular weight excluding hydrogens is 320 g/mol. The zero-order valence-electron chi connectivity index (χ0n) is 12.3. The maximum Gasteiger partial charge on any atom is 0.379 e. The molecule has 0 radical (unpaired) electrons. The van der Waals surface area contributed by atoms with E-state index in [1.807, 2.05) is 0 Å². The van der Waals surface area contributed by atoms with E-state index in [1.54, 1.807) is 0 Å². The smallest absolute Gasteiger partial charge is 0.379 e. The molecular formula is C16H12O8. The quantitative estimate of drug-likeness (QED) is 0.331. The molecule has 0 saturated heterocycles. The van der Waals surface area contributed by atoms with Gasteiger partial charge in [0.2, 0.25) is 0 Å². The van der Waals surface area contributed by atoms with Crippen LogP contribution in [-0.4, -0.2) is 40.2 Å². The van der Waals surface area contributed by atoms with Crippen LogP contribution in [0.4, 0.5) is 0 Å². The number of phenols is 3. The number of carbonyl (C=O) groups excluding carboxylic acids is 3. The Hall–Kier alpha value is -3.55. The second kappa shape index (κ2) is 6.69. The number of esters is 2. The van der Waals surface area contributed by atoms with Crippen LogP contribution in [0.15, 0.2) is 36.4 Å². The van der Waals surface area contributed by atoms with Crippen LogP contribution < -0.4 is 4.74 Å². The van der Waals surface area contributed by atoms with E-state index in [1.165, 1.54) is 24.3 Å². The minimum Gasteiger partial charge on any atom is -0.508 e. The molecule has 8 heteroatoms. The van der Waals surface area contributed by atoms with E-state index < -0.39 is 40.5 Å². The first-order chi connectivity index (χ1) is 11.3. The van der Waals surface area contributed by atoms with Gasteiger partial charge in [-0.15, -0.1) is 0 Å². The molecule has 0 spiro atoms. The van der Waals surface area contributed by atoms with E-state index in [0.29, 0.717) is 0 Å². The molecule has 0 aliphatic carbocycles. The number of hydrogen-bond acceptors (Lipinski definition) is 8. The number of methoxy groups -OCH3 is 1. The summed E-state index contributed by atoms with van der Waals surface area (Å²) in [6, 6.07) is 6.74. The van der Waals surface area contributed by atoms with Crippen LogP contribution in [0, 0.1) is 0 Å². The molecule has 24 heavy (non-hydrogen) atoms. The first-order valence-electron chi connectivity index (χ1n) is 6.53. The van der Waals surface area contributed by atoms with Crippen molar-refractivity contribution in [3.63, 3.8) is 0 Å². The van der Waals surface area contributed by atoms with Crippen LogP contribution in [-0.2, 0) is 9.53 Å². The van der Waals surface area contributed by atoms with Crippen molar-refractivity contribution in [2.24, 2.45) is 0 Å². The molecule has 0 fully saturated rings. The lowest BCUT2D eigenvalue weighted by Crippen LogP contribution is -2.18. The molecule has 124 valence electrons. The number of carbonyl (C=O) groups is 3. The van der Waals surface area contributed by atoms with Gasteiger partial charge in [0.05, 0.1) is 12.7 Å². The lowest BCUT2D eigenvalue weighted by molar-refractivity contribution is -0.135. The molecule has 0 heterocycles. The second-order valence-electron chi connectivity index (χ2n) is 4.60. The standard InChI is InChI=1S/C16H12O8/c1-23-16(22)14(20)13-11(19)6-10(18)7-12(13)24-15(21)8-2-4-9(17)5-3-8/h2-7,17-19H,1H3. The molecule has 2 aromatic carbocycles. The van der Waals surface area contributed by atoms with E-state index in [-0.39, 0.29) is 11.3 Å². The van der Waals surface area contributed by atoms with Gasteiger partial charge in [-0.25, -0.2) is 9.59 Å². The second-order valence-corrected chi connectivity index (χ2v) is 4.60. The minimum atomic E-state index is -1.28. The lowest BCUT2D eigenvalue weighted by atomic mass is 10.1. The van der Waals surface area contributed by atoms with Gasteiger partial charge >= 0.3 is 11.9 Å². The van der Waals surface area contributed by atoms with Gasteiger partial charge in [-0.1, -0.05) is 0 Å². The summed E-state index contributed by atoms with van der Waals surface area (Å²) in [5, 5.41) is 28.5. The Kier molecular flexibility index (Phi) is 4.69. The van der Waals surface area contributed by atoms with E-state index in [2.05, 4.69) is 4.74 Å². The predicted octanol–water partition coefficient (Wildman–Crippen LogP) is 1.38. The van der Waals surface area contributed by atoms with E-state index >= 15 is 0 Å². The fourth-order valence-corrected chi connectivity index (χ4v) is 1.85. The van der Waals surface area contributed by atoms with Crippen molar-refractivity contribution < 1.29 is 39.2 Å². The van der Waals surface area contributed by atoms with Crippen molar-refractivity contribution in [2.75, 3.05) is 7.11 Å². The molecule has 0 unspecified atom stereocenters. The third-order valence-electron chi connectivity index (χ3n) is 2.97. The molecule has 0 atom stereocenters. The van der Waals surface area contributed by atoms with Gasteiger partial charge in [0, 0.05) is 12.1 Å². The SMILES string of the molecule is COC(=O)C(=O)c1c(O)cc(O)cc1OC(=O)c1ccc(O)cc1. The van der Waals surface area contributed by atoms with Crippen molar-refractivity contribution in [1.29, 1.82) is 0 Å². The van der Waals surface area contributed by atoms with Crippen molar-refractivity contribution in [3.05, 3.63) is 47.5 Å². The van der Waals surface area contributed by atoms with Crippen molar-refractivity contribution >= 4 is 17.7 Å². The molecule has 2 rings (SSSR count). The Balaban J connectivity index is 2.42. The van der Waals surface area contributed by atoms with E-state index in [0.717, 1.165) is 19.2 Å². The van der Waals surface area contributed by atoms with E-state index in [4.69, 9.17) is 4.74 Å². The molecule has 0 aliphatic rings. The van der Waals surface area contributed by atoms with Crippen LogP contribution >= 0.6 is 0 Å². The zero-order chi connectivity index (χ0) is 17.9. The van der Waals surface area contributed by atoms with Crippen LogP contribution in [0.2, 0.25) is 0 Å². The summed E-state index contributed by atoms with van der Waals surface area (Å²) in [5.41, 5.74) is -0.584. The van der Waals surface area contributed by atoms with Gasteiger partial charge in [0.1, 0.15) is 28.6 Å². The summed E-state index contributed by atoms with van der Waals surface area (Å²) in [5.74, 6) is -5.27. The summed E-state index contributed by atoms with van der Waals surface area (Å²) in [6.45, 7) is 0. The fourth-order valence-electron chi connectivity index (χ4n) is 1.85. The van der Waals surface area contributed by atoms with Crippen LogP contribution in [0.25, 0.3) is 0 Å². The lowest BCUT2D eigenvalue weighted by Gasteiger charge is -2.11. The summed E-state index contributed by atoms with van der Waals surface area (Å²) >= 11 is 0. The minimum absolute atomic E-state index is 0.0344. The number of aromatic hydroxyl groups is 3. The Bertz CT molecular complexity index is 808. The number of ether oxygens (including phenoxy) is 2. The normalized spacial score (nSPS) is 10.0. The highest BCUT2D eigenvalue weighted by atomic mass is 16.5. The van der Waals surface area contributed by atoms with E-state index in [9.17, 15) is 29.7 Å². The molecule has 8 nitrogen and oxygen atoms in total. The van der Waals surface area contributed by atoms with Gasteiger partial charge < -0.3 is 24.8 Å². The Labute approximate surface area is 135 Å². The molecule has 0 amide bonds. The number of hydrogen-bond donors (Lipinski definition) is 3. The molecule has 0 bridgehead atoms. The van der Waals surface area contributed by atoms with Crippen molar-refractivity contribution in [2.45, 2.75) is 0 Å². The number of rotatable bonds is 4. The van der Waals surface area contributed by atoms with Gasteiger partial charge in [-0.2, -0.15) is 0 Å². The highest BCUT2D eigenvalue weighted by molar-refractivity contribution is 6.42. The number of phenolic OH excluding ortho intramolecular Hbond substituents is 3. The van der Waals surface area contributed by atoms with Crippen LogP contribution in [0.3, 0.4) is 0 Å². The molecule has 0 saturated carbocycles. The maximum absolute atomic E-state index is 12.1. The summed E-state index contributed by atoms with van der Waals surface area (Å²) in [7, 11) is 0.972. The molecule has 0 aromatic heterocycles. The molecule has 3 N–H and O–H groups in total. The molecule has 0 aliphatic heterocycles. The summed E-state index contributed by atoms with van der Waals surface area (Å²) in [6.07, 6.45) is 0. The molecule has 2 aromatic rings. The summed E-state index contributed by atoms with van der Waals surface area (Å²) < 4.78 is 9.26.